The zero-order valence-corrected chi connectivity index (χ0v) is 21.6. The number of aromatic hydroxyl groups is 1. The molecule has 37 heavy (non-hydrogen) atoms. The number of rotatable bonds is 3. The Hall–Kier alpha value is -2.94. The molecule has 7 nitrogen and oxygen atoms in total. The van der Waals surface area contributed by atoms with Crippen LogP contribution >= 0.6 is 23.4 Å². The van der Waals surface area contributed by atoms with Gasteiger partial charge in [0.05, 0.1) is 0 Å². The number of nitrogens with zero attached hydrogens (tertiary/aromatic N) is 3. The fourth-order valence-corrected chi connectivity index (χ4v) is 8.38. The second-order valence-electron chi connectivity index (χ2n) is 10.5. The zero-order chi connectivity index (χ0) is 25.5. The van der Waals surface area contributed by atoms with Crippen LogP contribution in [0.5, 0.6) is 5.75 Å². The van der Waals surface area contributed by atoms with Gasteiger partial charge in [0.1, 0.15) is 12.7 Å². The molecule has 2 N–H and O–H groups in total. The lowest BCUT2D eigenvalue weighted by Crippen LogP contribution is -2.75. The van der Waals surface area contributed by atoms with Crippen LogP contribution in [0.1, 0.15) is 52.5 Å². The maximum Gasteiger partial charge on any atom is 0.278 e. The van der Waals surface area contributed by atoms with E-state index in [4.69, 9.17) is 11.6 Å². The lowest BCUT2D eigenvalue weighted by molar-refractivity contribution is -0.161. The first-order chi connectivity index (χ1) is 17.9. The molecule has 3 heterocycles. The highest BCUT2D eigenvalue weighted by atomic mass is 35.5. The van der Waals surface area contributed by atoms with Gasteiger partial charge in [-0.15, -0.1) is 11.8 Å². The summed E-state index contributed by atoms with van der Waals surface area (Å²) in [5.74, 6) is 0.270. The van der Waals surface area contributed by atoms with E-state index in [0.717, 1.165) is 46.6 Å². The number of benzene rings is 2. The molecule has 0 saturated heterocycles. The number of hydrogen-bond donors (Lipinski definition) is 2. The highest BCUT2D eigenvalue weighted by Crippen LogP contribution is 2.61. The highest BCUT2D eigenvalue weighted by Gasteiger charge is 2.64. The monoisotopic (exact) mass is 535 g/mol. The van der Waals surface area contributed by atoms with Crippen molar-refractivity contribution in [2.24, 2.45) is 11.8 Å². The molecule has 2 aliphatic heterocycles. The largest absolute Gasteiger partial charge is 0.502 e. The number of aliphatic hydroxyl groups is 1. The van der Waals surface area contributed by atoms with Gasteiger partial charge in [-0.2, -0.15) is 0 Å². The van der Waals surface area contributed by atoms with Gasteiger partial charge in [-0.1, -0.05) is 41.9 Å². The normalized spacial score (nSPS) is 27.7. The van der Waals surface area contributed by atoms with Crippen LogP contribution in [0.15, 0.2) is 64.4 Å². The lowest BCUT2D eigenvalue weighted by atomic mass is 9.47. The van der Waals surface area contributed by atoms with Gasteiger partial charge >= 0.3 is 0 Å². The van der Waals surface area contributed by atoms with E-state index in [9.17, 15) is 19.8 Å². The van der Waals surface area contributed by atoms with Gasteiger partial charge in [0.25, 0.3) is 5.91 Å². The second kappa shape index (κ2) is 8.28. The van der Waals surface area contributed by atoms with Crippen LogP contribution in [0.25, 0.3) is 0 Å². The highest BCUT2D eigenvalue weighted by molar-refractivity contribution is 7.98. The van der Waals surface area contributed by atoms with Crippen LogP contribution in [0, 0.1) is 11.8 Å². The smallest absolute Gasteiger partial charge is 0.278 e. The Morgan fingerprint density at radius 1 is 1.11 bits per heavy atom. The second-order valence-corrected chi connectivity index (χ2v) is 11.9. The van der Waals surface area contributed by atoms with Gasteiger partial charge in [0, 0.05) is 45.6 Å². The number of carbonyl (C=O) groups excluding carboxylic acids is 1. The third kappa shape index (κ3) is 3.12. The van der Waals surface area contributed by atoms with E-state index in [2.05, 4.69) is 23.2 Å². The Bertz CT molecular complexity index is 1510. The Balaban J connectivity index is 1.45. The zero-order valence-electron chi connectivity index (χ0n) is 20.0. The number of amides is 1. The maximum atomic E-state index is 13.9. The summed E-state index contributed by atoms with van der Waals surface area (Å²) in [6.45, 7) is 0.382. The van der Waals surface area contributed by atoms with Gasteiger partial charge in [-0.3, -0.25) is 19.3 Å². The molecular formula is C28H26ClN3O4S. The van der Waals surface area contributed by atoms with Crippen LogP contribution in [-0.2, 0) is 5.75 Å². The van der Waals surface area contributed by atoms with Crippen molar-refractivity contribution in [3.05, 3.63) is 92.4 Å². The number of carbonyl (C=O) groups is 1. The molecule has 2 aromatic carbocycles. The Labute approximate surface area is 223 Å². The first-order valence-electron chi connectivity index (χ1n) is 12.6. The average Bonchev–Trinajstić information content (AvgIpc) is 3.06. The van der Waals surface area contributed by atoms with Gasteiger partial charge in [-0.05, 0) is 54.4 Å². The lowest BCUT2D eigenvalue weighted by Gasteiger charge is -2.68. The van der Waals surface area contributed by atoms with Crippen LogP contribution in [0.2, 0.25) is 5.02 Å². The third-order valence-corrected chi connectivity index (χ3v) is 10.4. The summed E-state index contributed by atoms with van der Waals surface area (Å²) in [6.07, 6.45) is 4.11. The number of halogens is 1. The van der Waals surface area contributed by atoms with E-state index in [1.54, 1.807) is 22.6 Å². The first kappa shape index (κ1) is 23.2. The SMILES string of the molecule is O=C1c2c(O)c(=O)ccn2N([C@@H]2c3ccccc3SCc3cccc(Cl)c32)CN1C12CCC1C(CO)C2. The number of fused-ring (bicyclic) bond motifs is 4. The number of thioether (sulfide) groups is 1. The number of aromatic nitrogens is 1. The summed E-state index contributed by atoms with van der Waals surface area (Å²) in [5, 5.41) is 23.4. The first-order valence-corrected chi connectivity index (χ1v) is 13.9. The van der Waals surface area contributed by atoms with Gasteiger partial charge in [0.2, 0.25) is 5.43 Å². The fourth-order valence-electron chi connectivity index (χ4n) is 7.00. The molecule has 9 heteroatoms. The van der Waals surface area contributed by atoms with E-state index in [1.165, 1.54) is 6.07 Å². The molecule has 1 aromatic heterocycles. The molecular weight excluding hydrogens is 510 g/mol. The van der Waals surface area contributed by atoms with Gasteiger partial charge < -0.3 is 15.1 Å². The van der Waals surface area contributed by atoms with Crippen molar-refractivity contribution in [3.63, 3.8) is 0 Å². The van der Waals surface area contributed by atoms with Gasteiger partial charge in [-0.25, -0.2) is 0 Å². The van der Waals surface area contributed by atoms with E-state index in [-0.39, 0.29) is 48.3 Å². The summed E-state index contributed by atoms with van der Waals surface area (Å²) in [6, 6.07) is 15.1. The molecule has 3 unspecified atom stereocenters. The minimum atomic E-state index is -0.582. The summed E-state index contributed by atoms with van der Waals surface area (Å²) < 4.78 is 1.65. The van der Waals surface area contributed by atoms with E-state index in [1.807, 2.05) is 29.2 Å². The standard InChI is InChI=1S/C28H26ClN3O4S/c29-20-6-3-4-16-14-37-22-7-2-1-5-18(22)24(23(16)20)32-15-30(28-10-8-19(28)17(12-28)13-33)27(36)25-26(35)21(34)9-11-31(25)32/h1-7,9,11,17,19,24,33,35H,8,10,12-15H2/t17?,19?,24-,28?/m1/s1. The van der Waals surface area contributed by atoms with Crippen LogP contribution in [-0.4, -0.2) is 44.5 Å². The number of aliphatic hydroxyl groups excluding tert-OH is 1. The summed E-state index contributed by atoms with van der Waals surface area (Å²) in [4.78, 5) is 29.4. The summed E-state index contributed by atoms with van der Waals surface area (Å²) >= 11 is 8.64. The molecule has 3 aromatic rings. The van der Waals surface area contributed by atoms with E-state index >= 15 is 0 Å². The van der Waals surface area contributed by atoms with Crippen LogP contribution < -0.4 is 10.4 Å². The van der Waals surface area contributed by atoms with Crippen molar-refractivity contribution in [1.82, 2.24) is 9.58 Å². The predicted molar refractivity (Wildman–Crippen MR) is 142 cm³/mol. The molecule has 0 bridgehead atoms. The Kier molecular flexibility index (Phi) is 5.19. The fraction of sp³-hybridized carbons (Fsp3) is 0.357. The van der Waals surface area contributed by atoms with E-state index in [0.29, 0.717) is 5.02 Å². The van der Waals surface area contributed by atoms with Crippen molar-refractivity contribution < 1.29 is 15.0 Å². The van der Waals surface area contributed by atoms with Crippen molar-refractivity contribution in [3.8, 4) is 5.75 Å². The van der Waals surface area contributed by atoms with Crippen molar-refractivity contribution >= 4 is 29.3 Å². The molecule has 1 amide bonds. The minimum Gasteiger partial charge on any atom is -0.502 e. The quantitative estimate of drug-likeness (QED) is 0.525. The topological polar surface area (TPSA) is 86.0 Å². The molecule has 2 aliphatic carbocycles. The van der Waals surface area contributed by atoms with Crippen molar-refractivity contribution in [1.29, 1.82) is 0 Å². The Morgan fingerprint density at radius 2 is 1.95 bits per heavy atom. The molecule has 7 rings (SSSR count). The van der Waals surface area contributed by atoms with Gasteiger partial charge in [0.15, 0.2) is 11.4 Å². The van der Waals surface area contributed by atoms with E-state index < -0.39 is 11.2 Å². The Morgan fingerprint density at radius 3 is 2.70 bits per heavy atom. The minimum absolute atomic E-state index is 0.0193. The molecule has 190 valence electrons. The molecule has 0 spiro atoms. The van der Waals surface area contributed by atoms with Crippen molar-refractivity contribution in [2.45, 2.75) is 41.5 Å². The summed E-state index contributed by atoms with van der Waals surface area (Å²) in [5.41, 5.74) is 2.16. The molecule has 2 fully saturated rings. The van der Waals surface area contributed by atoms with Crippen molar-refractivity contribution in [2.75, 3.05) is 18.3 Å². The molecule has 0 radical (unpaired) electrons. The molecule has 4 atom stereocenters. The maximum absolute atomic E-state index is 13.9. The molecule has 2 saturated carbocycles. The predicted octanol–water partition coefficient (Wildman–Crippen LogP) is 4.11. The van der Waals surface area contributed by atoms with Crippen LogP contribution in [0.3, 0.4) is 0 Å². The number of hydrogen-bond acceptors (Lipinski definition) is 6. The average molecular weight is 536 g/mol. The number of pyridine rings is 1. The third-order valence-electron chi connectivity index (χ3n) is 8.91. The van der Waals surface area contributed by atoms with Crippen LogP contribution in [0.4, 0.5) is 0 Å². The molecule has 4 aliphatic rings. The summed E-state index contributed by atoms with van der Waals surface area (Å²) in [7, 11) is 0.